The second-order valence-electron chi connectivity index (χ2n) is 5.26. The highest BCUT2D eigenvalue weighted by molar-refractivity contribution is 14.0. The summed E-state index contributed by atoms with van der Waals surface area (Å²) in [6, 6.07) is 0. The number of aliphatic hydroxyl groups is 1. The number of hydrogen-bond acceptors (Lipinski definition) is 3. The largest absolute Gasteiger partial charge is 0.396 e. The van der Waals surface area contributed by atoms with Gasteiger partial charge in [-0.3, -0.25) is 4.99 Å². The van der Waals surface area contributed by atoms with Crippen molar-refractivity contribution < 1.29 is 23.0 Å². The minimum Gasteiger partial charge on any atom is -0.396 e. The Kier molecular flexibility index (Phi) is 10.3. The molecule has 1 heterocycles. The number of ether oxygens (including phenoxy) is 1. The van der Waals surface area contributed by atoms with Crippen molar-refractivity contribution in [1.29, 1.82) is 0 Å². The van der Waals surface area contributed by atoms with Gasteiger partial charge in [0.25, 0.3) is 0 Å². The quantitative estimate of drug-likeness (QED) is 0.336. The molecule has 1 aliphatic heterocycles. The van der Waals surface area contributed by atoms with E-state index < -0.39 is 12.6 Å². The average molecular weight is 439 g/mol. The molecule has 0 radical (unpaired) electrons. The van der Waals surface area contributed by atoms with Gasteiger partial charge in [0.2, 0.25) is 0 Å². The number of hydrogen-bond donors (Lipinski definition) is 3. The fraction of sp³-hybridized carbons (Fsp3) is 0.923. The molecule has 9 heteroatoms. The molecule has 0 unspecified atom stereocenters. The minimum atomic E-state index is -4.18. The maximum absolute atomic E-state index is 12.1. The first-order valence-corrected chi connectivity index (χ1v) is 7.18. The molecule has 1 aliphatic rings. The molecule has 0 aromatic carbocycles. The molecule has 3 N–H and O–H groups in total. The predicted molar refractivity (Wildman–Crippen MR) is 89.6 cm³/mol. The first-order chi connectivity index (χ1) is 9.91. The molecule has 0 amide bonds. The number of guanidine groups is 1. The third kappa shape index (κ3) is 8.37. The van der Waals surface area contributed by atoms with Gasteiger partial charge in [-0.15, -0.1) is 24.0 Å². The van der Waals surface area contributed by atoms with E-state index in [1.165, 1.54) is 0 Å². The van der Waals surface area contributed by atoms with Crippen molar-refractivity contribution in [2.45, 2.75) is 32.4 Å². The van der Waals surface area contributed by atoms with E-state index in [-0.39, 0.29) is 42.5 Å². The molecule has 0 saturated carbocycles. The van der Waals surface area contributed by atoms with E-state index in [9.17, 15) is 18.3 Å². The van der Waals surface area contributed by atoms with Crippen LogP contribution in [0.5, 0.6) is 0 Å². The molecule has 1 saturated heterocycles. The lowest BCUT2D eigenvalue weighted by Crippen LogP contribution is -2.41. The van der Waals surface area contributed by atoms with Crippen LogP contribution in [0.3, 0.4) is 0 Å². The summed E-state index contributed by atoms with van der Waals surface area (Å²) < 4.78 is 41.7. The predicted octanol–water partition coefficient (Wildman–Crippen LogP) is 1.90. The summed E-state index contributed by atoms with van der Waals surface area (Å²) in [7, 11) is 0. The smallest absolute Gasteiger partial charge is 0.390 e. The van der Waals surface area contributed by atoms with Crippen LogP contribution in [-0.4, -0.2) is 56.7 Å². The lowest BCUT2D eigenvalue weighted by atomic mass is 9.81. The summed E-state index contributed by atoms with van der Waals surface area (Å²) in [6.07, 6.45) is -3.68. The second kappa shape index (κ2) is 10.5. The Balaban J connectivity index is 0.00000441. The maximum atomic E-state index is 12.1. The second-order valence-corrected chi connectivity index (χ2v) is 5.26. The van der Waals surface area contributed by atoms with Gasteiger partial charge in [0, 0.05) is 31.7 Å². The summed E-state index contributed by atoms with van der Waals surface area (Å²) in [5.74, 6) is 0.348. The lowest BCUT2D eigenvalue weighted by molar-refractivity contribution is -0.132. The number of nitrogens with zero attached hydrogens (tertiary/aromatic N) is 1. The number of halogens is 4. The SMILES string of the molecule is CCNC(=NCC1(CO)CCOCC1)NCCC(F)(F)F.I. The Labute approximate surface area is 146 Å². The van der Waals surface area contributed by atoms with Gasteiger partial charge in [-0.2, -0.15) is 13.2 Å². The first-order valence-electron chi connectivity index (χ1n) is 7.18. The Morgan fingerprint density at radius 3 is 2.41 bits per heavy atom. The number of nitrogens with one attached hydrogen (secondary N) is 2. The first kappa shape index (κ1) is 21.7. The van der Waals surface area contributed by atoms with E-state index in [2.05, 4.69) is 15.6 Å². The molecule has 0 aliphatic carbocycles. The van der Waals surface area contributed by atoms with Gasteiger partial charge in [0.05, 0.1) is 19.6 Å². The van der Waals surface area contributed by atoms with Gasteiger partial charge in [-0.25, -0.2) is 0 Å². The van der Waals surface area contributed by atoms with Gasteiger partial charge in [-0.1, -0.05) is 0 Å². The van der Waals surface area contributed by atoms with Crippen LogP contribution >= 0.6 is 24.0 Å². The van der Waals surface area contributed by atoms with Crippen LogP contribution in [0.25, 0.3) is 0 Å². The van der Waals surface area contributed by atoms with Crippen LogP contribution < -0.4 is 10.6 Å². The van der Waals surface area contributed by atoms with Gasteiger partial charge in [0.1, 0.15) is 0 Å². The van der Waals surface area contributed by atoms with Gasteiger partial charge in [-0.05, 0) is 19.8 Å². The summed E-state index contributed by atoms with van der Waals surface area (Å²) in [5.41, 5.74) is -0.329. The Bertz CT molecular complexity index is 335. The van der Waals surface area contributed by atoms with E-state index in [1.54, 1.807) is 0 Å². The van der Waals surface area contributed by atoms with Crippen molar-refractivity contribution in [2.75, 3.05) is 39.5 Å². The molecular formula is C13H25F3IN3O2. The van der Waals surface area contributed by atoms with Crippen LogP contribution in [0.15, 0.2) is 4.99 Å². The molecule has 0 aromatic heterocycles. The molecule has 0 aromatic rings. The molecule has 0 spiro atoms. The molecule has 132 valence electrons. The Morgan fingerprint density at radius 2 is 1.91 bits per heavy atom. The number of aliphatic hydroxyl groups excluding tert-OH is 1. The third-order valence-corrected chi connectivity index (χ3v) is 3.51. The molecular weight excluding hydrogens is 414 g/mol. The van der Waals surface area contributed by atoms with Crippen molar-refractivity contribution in [2.24, 2.45) is 10.4 Å². The highest BCUT2D eigenvalue weighted by Gasteiger charge is 2.32. The Morgan fingerprint density at radius 1 is 1.27 bits per heavy atom. The zero-order valence-corrected chi connectivity index (χ0v) is 15.0. The zero-order chi connectivity index (χ0) is 15.8. The summed E-state index contributed by atoms with van der Waals surface area (Å²) in [4.78, 5) is 4.31. The van der Waals surface area contributed by atoms with Crippen molar-refractivity contribution in [3.63, 3.8) is 0 Å². The van der Waals surface area contributed by atoms with Crippen LogP contribution in [0.2, 0.25) is 0 Å². The minimum absolute atomic E-state index is 0. The number of aliphatic imine (C=N–C) groups is 1. The van der Waals surface area contributed by atoms with E-state index >= 15 is 0 Å². The van der Waals surface area contributed by atoms with E-state index in [0.29, 0.717) is 45.1 Å². The third-order valence-electron chi connectivity index (χ3n) is 3.51. The summed E-state index contributed by atoms with van der Waals surface area (Å²) in [6.45, 7) is 3.72. The van der Waals surface area contributed by atoms with Gasteiger partial charge < -0.3 is 20.5 Å². The van der Waals surface area contributed by atoms with Gasteiger partial charge in [0.15, 0.2) is 5.96 Å². The van der Waals surface area contributed by atoms with Crippen molar-refractivity contribution in [3.05, 3.63) is 0 Å². The maximum Gasteiger partial charge on any atom is 0.390 e. The highest BCUT2D eigenvalue weighted by Crippen LogP contribution is 2.30. The van der Waals surface area contributed by atoms with Crippen LogP contribution in [0.1, 0.15) is 26.2 Å². The monoisotopic (exact) mass is 439 g/mol. The molecule has 5 nitrogen and oxygen atoms in total. The standard InChI is InChI=1S/C13H24F3N3O2.HI/c1-2-17-11(18-6-3-13(14,15)16)19-9-12(10-20)4-7-21-8-5-12;/h20H,2-10H2,1H3,(H2,17,18,19);1H. The van der Waals surface area contributed by atoms with E-state index in [0.717, 1.165) is 0 Å². The Hall–Kier alpha value is -0.290. The summed E-state index contributed by atoms with van der Waals surface area (Å²) in [5, 5.41) is 15.1. The van der Waals surface area contributed by atoms with Crippen LogP contribution in [0.4, 0.5) is 13.2 Å². The molecule has 1 fully saturated rings. The van der Waals surface area contributed by atoms with E-state index in [4.69, 9.17) is 4.74 Å². The summed E-state index contributed by atoms with van der Waals surface area (Å²) >= 11 is 0. The number of rotatable bonds is 6. The van der Waals surface area contributed by atoms with E-state index in [1.807, 2.05) is 6.92 Å². The van der Waals surface area contributed by atoms with Gasteiger partial charge >= 0.3 is 6.18 Å². The molecule has 1 rings (SSSR count). The zero-order valence-electron chi connectivity index (χ0n) is 12.7. The fourth-order valence-electron chi connectivity index (χ4n) is 2.08. The number of alkyl halides is 3. The highest BCUT2D eigenvalue weighted by atomic mass is 127. The fourth-order valence-corrected chi connectivity index (χ4v) is 2.08. The van der Waals surface area contributed by atoms with Crippen molar-refractivity contribution >= 4 is 29.9 Å². The molecule has 22 heavy (non-hydrogen) atoms. The van der Waals surface area contributed by atoms with Crippen LogP contribution in [0, 0.1) is 5.41 Å². The average Bonchev–Trinajstić information content (AvgIpc) is 2.44. The molecule has 0 atom stereocenters. The normalized spacial score (nSPS) is 18.5. The van der Waals surface area contributed by atoms with Crippen molar-refractivity contribution in [3.8, 4) is 0 Å². The van der Waals surface area contributed by atoms with Crippen LogP contribution in [-0.2, 0) is 4.74 Å². The topological polar surface area (TPSA) is 65.9 Å². The lowest BCUT2D eigenvalue weighted by Gasteiger charge is -2.34. The van der Waals surface area contributed by atoms with Crippen molar-refractivity contribution in [1.82, 2.24) is 10.6 Å². The molecule has 0 bridgehead atoms.